The second kappa shape index (κ2) is 12.3. The van der Waals surface area contributed by atoms with E-state index in [-0.39, 0.29) is 33.6 Å². The summed E-state index contributed by atoms with van der Waals surface area (Å²) in [6.45, 7) is 4.30. The van der Waals surface area contributed by atoms with Gasteiger partial charge in [-0.1, -0.05) is 80.6 Å². The van der Waals surface area contributed by atoms with Crippen LogP contribution < -0.4 is 0 Å². The minimum absolute atomic E-state index is 0.0889. The van der Waals surface area contributed by atoms with E-state index in [4.69, 9.17) is 4.28 Å². The Labute approximate surface area is 246 Å². The van der Waals surface area contributed by atoms with Gasteiger partial charge in [0.15, 0.2) is 0 Å². The Hall–Kier alpha value is -4.27. The summed E-state index contributed by atoms with van der Waals surface area (Å²) in [5.41, 5.74) is 3.59. The molecule has 2 amide bonds. The number of fused-ring (bicyclic) bond motifs is 1. The molecule has 0 saturated carbocycles. The molecule has 1 N–H and O–H groups in total. The molecule has 1 heterocycles. The van der Waals surface area contributed by atoms with Gasteiger partial charge in [-0.3, -0.25) is 9.59 Å². The quantitative estimate of drug-likeness (QED) is 0.188. The molecule has 8 heteroatoms. The number of amides is 2. The number of hydrogen-bond donors (Lipinski definition) is 1. The van der Waals surface area contributed by atoms with Crippen LogP contribution in [0.25, 0.3) is 0 Å². The highest BCUT2D eigenvalue weighted by Gasteiger charge is 2.40. The zero-order chi connectivity index (χ0) is 29.9. The van der Waals surface area contributed by atoms with Crippen LogP contribution in [0.2, 0.25) is 0 Å². The van der Waals surface area contributed by atoms with E-state index in [1.165, 1.54) is 29.8 Å². The molecule has 4 aromatic carbocycles. The Morgan fingerprint density at radius 2 is 1.21 bits per heavy atom. The third-order valence-electron chi connectivity index (χ3n) is 8.00. The second-order valence-electron chi connectivity index (χ2n) is 10.7. The van der Waals surface area contributed by atoms with E-state index >= 15 is 0 Å². The van der Waals surface area contributed by atoms with Gasteiger partial charge >= 0.3 is 10.1 Å². The lowest BCUT2D eigenvalue weighted by molar-refractivity contribution is -0.0103. The van der Waals surface area contributed by atoms with Crippen molar-refractivity contribution in [1.29, 1.82) is 0 Å². The number of phenols is 1. The van der Waals surface area contributed by atoms with Crippen LogP contribution in [0.15, 0.2) is 108 Å². The molecule has 0 radical (unpaired) electrons. The molecule has 216 valence electrons. The molecule has 0 fully saturated rings. The second-order valence-corrected chi connectivity index (χ2v) is 12.3. The van der Waals surface area contributed by atoms with Crippen LogP contribution in [-0.2, 0) is 14.4 Å². The summed E-state index contributed by atoms with van der Waals surface area (Å²) in [5, 5.41) is 10.2. The van der Waals surface area contributed by atoms with Crippen LogP contribution in [0.4, 0.5) is 0 Å². The van der Waals surface area contributed by atoms with E-state index in [9.17, 15) is 23.1 Å². The first-order chi connectivity index (χ1) is 20.2. The standard InChI is InChI=1S/C34H33NO6S/c1-3-24(26-9-5-4-6-10-26)22-28(27-13-17-29(36)18-14-27)21-23(2)25-15-19-30(20-16-25)42(39,40)41-35-33(37)31-11-7-8-12-32(31)34(35)38/h4-20,23-24,28,36H,3,21-22H2,1-2H3. The summed E-state index contributed by atoms with van der Waals surface area (Å²) in [6.07, 6.45) is 2.73. The van der Waals surface area contributed by atoms with E-state index in [1.54, 1.807) is 36.4 Å². The first-order valence-electron chi connectivity index (χ1n) is 14.0. The average Bonchev–Trinajstić information content (AvgIpc) is 3.24. The van der Waals surface area contributed by atoms with Crippen LogP contribution >= 0.6 is 0 Å². The van der Waals surface area contributed by atoms with Gasteiger partial charge in [0.1, 0.15) is 5.75 Å². The van der Waals surface area contributed by atoms with Crippen LogP contribution in [0, 0.1) is 0 Å². The van der Waals surface area contributed by atoms with Gasteiger partial charge < -0.3 is 5.11 Å². The van der Waals surface area contributed by atoms with Crippen LogP contribution in [0.3, 0.4) is 0 Å². The molecule has 4 aromatic rings. The first-order valence-corrected chi connectivity index (χ1v) is 15.4. The lowest BCUT2D eigenvalue weighted by Crippen LogP contribution is -2.32. The van der Waals surface area contributed by atoms with Crippen LogP contribution in [0.1, 0.15) is 88.3 Å². The van der Waals surface area contributed by atoms with E-state index in [0.717, 1.165) is 30.4 Å². The normalized spacial score (nSPS) is 15.3. The molecule has 0 aliphatic carbocycles. The van der Waals surface area contributed by atoms with Gasteiger partial charge in [0, 0.05) is 0 Å². The molecule has 1 aliphatic heterocycles. The number of carbonyl (C=O) groups is 2. The monoisotopic (exact) mass is 583 g/mol. The predicted octanol–water partition coefficient (Wildman–Crippen LogP) is 7.17. The van der Waals surface area contributed by atoms with Crippen molar-refractivity contribution in [3.63, 3.8) is 0 Å². The van der Waals surface area contributed by atoms with Crippen molar-refractivity contribution in [2.45, 2.75) is 55.8 Å². The average molecular weight is 584 g/mol. The zero-order valence-electron chi connectivity index (χ0n) is 23.5. The predicted molar refractivity (Wildman–Crippen MR) is 160 cm³/mol. The minimum Gasteiger partial charge on any atom is -0.508 e. The maximum Gasteiger partial charge on any atom is 0.318 e. The highest BCUT2D eigenvalue weighted by atomic mass is 32.2. The van der Waals surface area contributed by atoms with Crippen molar-refractivity contribution in [2.75, 3.05) is 0 Å². The molecule has 5 rings (SSSR count). The third-order valence-corrected chi connectivity index (χ3v) is 9.20. The number of hydroxylamine groups is 2. The van der Waals surface area contributed by atoms with Gasteiger partial charge in [-0.15, -0.1) is 9.35 Å². The number of hydrogen-bond acceptors (Lipinski definition) is 6. The molecule has 0 bridgehead atoms. The fraction of sp³-hybridized carbons (Fsp3) is 0.235. The van der Waals surface area contributed by atoms with Gasteiger partial charge in [-0.2, -0.15) is 8.42 Å². The number of benzene rings is 4. The third kappa shape index (κ3) is 6.15. The van der Waals surface area contributed by atoms with Crippen molar-refractivity contribution in [1.82, 2.24) is 5.06 Å². The number of imide groups is 1. The van der Waals surface area contributed by atoms with Crippen molar-refractivity contribution >= 4 is 21.9 Å². The molecule has 42 heavy (non-hydrogen) atoms. The number of rotatable bonds is 11. The van der Waals surface area contributed by atoms with Crippen molar-refractivity contribution in [2.24, 2.45) is 0 Å². The Balaban J connectivity index is 1.32. The van der Waals surface area contributed by atoms with E-state index in [2.05, 4.69) is 38.1 Å². The SMILES string of the molecule is CCC(CC(CC(C)c1ccc(S(=O)(=O)ON2C(=O)c3ccccc3C2=O)cc1)c1ccc(O)cc1)c1ccccc1. The van der Waals surface area contributed by atoms with Gasteiger partial charge in [0.25, 0.3) is 11.8 Å². The van der Waals surface area contributed by atoms with Gasteiger partial charge in [-0.25, -0.2) is 0 Å². The fourth-order valence-electron chi connectivity index (χ4n) is 5.62. The number of aromatic hydroxyl groups is 1. The molecule has 7 nitrogen and oxygen atoms in total. The molecular formula is C34H33NO6S. The zero-order valence-corrected chi connectivity index (χ0v) is 24.3. The summed E-state index contributed by atoms with van der Waals surface area (Å²) >= 11 is 0. The first kappa shape index (κ1) is 29.2. The van der Waals surface area contributed by atoms with Crippen molar-refractivity contribution in [3.8, 4) is 5.75 Å². The van der Waals surface area contributed by atoms with Crippen molar-refractivity contribution in [3.05, 3.63) is 131 Å². The maximum atomic E-state index is 13.0. The van der Waals surface area contributed by atoms with E-state index < -0.39 is 21.9 Å². The highest BCUT2D eigenvalue weighted by Crippen LogP contribution is 2.39. The number of carbonyl (C=O) groups excluding carboxylic acids is 2. The molecule has 3 atom stereocenters. The topological polar surface area (TPSA) is 101 Å². The van der Waals surface area contributed by atoms with Gasteiger partial charge in [-0.05, 0) is 90.1 Å². The van der Waals surface area contributed by atoms with Crippen molar-refractivity contribution < 1.29 is 27.4 Å². The minimum atomic E-state index is -4.43. The molecular weight excluding hydrogens is 550 g/mol. The smallest absolute Gasteiger partial charge is 0.318 e. The number of nitrogens with zero attached hydrogens (tertiary/aromatic N) is 1. The molecule has 0 aromatic heterocycles. The summed E-state index contributed by atoms with van der Waals surface area (Å²) in [4.78, 5) is 25.0. The summed E-state index contributed by atoms with van der Waals surface area (Å²) in [6, 6.07) is 30.3. The Morgan fingerprint density at radius 3 is 1.79 bits per heavy atom. The lowest BCUT2D eigenvalue weighted by Gasteiger charge is -2.26. The van der Waals surface area contributed by atoms with Crippen LogP contribution in [0.5, 0.6) is 5.75 Å². The Bertz CT molecular complexity index is 1630. The van der Waals surface area contributed by atoms with Gasteiger partial charge in [0.05, 0.1) is 16.0 Å². The van der Waals surface area contributed by atoms with E-state index in [0.29, 0.717) is 11.0 Å². The van der Waals surface area contributed by atoms with Gasteiger partial charge in [0.2, 0.25) is 0 Å². The van der Waals surface area contributed by atoms with Crippen LogP contribution in [-0.4, -0.2) is 30.4 Å². The molecule has 1 aliphatic rings. The Morgan fingerprint density at radius 1 is 0.690 bits per heavy atom. The summed E-state index contributed by atoms with van der Waals surface area (Å²) < 4.78 is 31.0. The Kier molecular flexibility index (Phi) is 8.56. The maximum absolute atomic E-state index is 13.0. The fourth-order valence-corrected chi connectivity index (χ4v) is 6.51. The molecule has 0 saturated heterocycles. The summed E-state index contributed by atoms with van der Waals surface area (Å²) in [7, 11) is -4.43. The molecule has 0 spiro atoms. The largest absolute Gasteiger partial charge is 0.508 e. The van der Waals surface area contributed by atoms with E-state index in [1.807, 2.05) is 18.2 Å². The highest BCUT2D eigenvalue weighted by molar-refractivity contribution is 7.86. The lowest BCUT2D eigenvalue weighted by atomic mass is 9.78. The summed E-state index contributed by atoms with van der Waals surface area (Å²) in [5.74, 6) is -0.752. The number of phenolic OH excluding ortho intramolecular Hbond substituents is 1. The molecule has 3 unspecified atom stereocenters.